The van der Waals surface area contributed by atoms with Gasteiger partial charge in [-0.1, -0.05) is 164 Å². The Bertz CT molecular complexity index is 2940. The second-order valence-electron chi connectivity index (χ2n) is 14.8. The molecule has 256 valence electrons. The Balaban J connectivity index is 1.21. The van der Waals surface area contributed by atoms with Gasteiger partial charge in [0.2, 0.25) is 0 Å². The zero-order chi connectivity index (χ0) is 36.1. The fourth-order valence-electron chi connectivity index (χ4n) is 10.2. The van der Waals surface area contributed by atoms with Crippen LogP contribution in [0.1, 0.15) is 44.5 Å². The molecule has 0 atom stereocenters. The van der Waals surface area contributed by atoms with Crippen LogP contribution in [0.4, 0.5) is 0 Å². The third-order valence-corrected chi connectivity index (χ3v) is 12.2. The van der Waals surface area contributed by atoms with Gasteiger partial charge in [-0.25, -0.2) is 9.97 Å². The molecule has 3 nitrogen and oxygen atoms in total. The molecule has 2 spiro atoms. The maximum absolute atomic E-state index is 6.90. The molecule has 0 saturated carbocycles. The maximum Gasteiger partial charge on any atom is 0.160 e. The molecule has 0 unspecified atom stereocenters. The highest BCUT2D eigenvalue weighted by molar-refractivity contribution is 5.95. The van der Waals surface area contributed by atoms with E-state index in [9.17, 15) is 0 Å². The van der Waals surface area contributed by atoms with Crippen LogP contribution in [0, 0.1) is 0 Å². The fourth-order valence-corrected chi connectivity index (χ4v) is 10.2. The van der Waals surface area contributed by atoms with Crippen LogP contribution in [-0.2, 0) is 10.8 Å². The number of para-hydroxylation sites is 2. The van der Waals surface area contributed by atoms with Gasteiger partial charge in [-0.2, -0.15) is 0 Å². The van der Waals surface area contributed by atoms with E-state index < -0.39 is 10.8 Å². The van der Waals surface area contributed by atoms with Gasteiger partial charge in [0.05, 0.1) is 22.0 Å². The van der Waals surface area contributed by atoms with E-state index in [0.717, 1.165) is 50.3 Å². The van der Waals surface area contributed by atoms with Crippen LogP contribution in [0.15, 0.2) is 194 Å². The van der Waals surface area contributed by atoms with Crippen molar-refractivity contribution in [3.05, 3.63) is 239 Å². The van der Waals surface area contributed by atoms with Gasteiger partial charge >= 0.3 is 0 Å². The molecule has 55 heavy (non-hydrogen) atoms. The van der Waals surface area contributed by atoms with Crippen molar-refractivity contribution in [2.24, 2.45) is 0 Å². The highest BCUT2D eigenvalue weighted by atomic mass is 16.5. The maximum atomic E-state index is 6.90. The summed E-state index contributed by atoms with van der Waals surface area (Å²) in [7, 11) is 0. The van der Waals surface area contributed by atoms with Crippen molar-refractivity contribution in [1.29, 1.82) is 0 Å². The highest BCUT2D eigenvalue weighted by Crippen LogP contribution is 2.67. The monoisotopic (exact) mass is 700 g/mol. The van der Waals surface area contributed by atoms with Crippen molar-refractivity contribution in [2.75, 3.05) is 0 Å². The summed E-state index contributed by atoms with van der Waals surface area (Å²) in [6, 6.07) is 70.2. The van der Waals surface area contributed by atoms with Crippen LogP contribution in [0.5, 0.6) is 11.5 Å². The van der Waals surface area contributed by atoms with E-state index in [0.29, 0.717) is 5.82 Å². The normalized spacial score (nSPS) is 14.6. The van der Waals surface area contributed by atoms with Crippen LogP contribution in [0.25, 0.3) is 44.7 Å². The first-order valence-corrected chi connectivity index (χ1v) is 18.9. The van der Waals surface area contributed by atoms with Gasteiger partial charge in [-0.05, 0) is 74.8 Å². The topological polar surface area (TPSA) is 35.0 Å². The van der Waals surface area contributed by atoms with Crippen molar-refractivity contribution >= 4 is 10.9 Å². The van der Waals surface area contributed by atoms with Crippen LogP contribution in [0.2, 0.25) is 0 Å². The number of ether oxygens (including phenoxy) is 1. The molecule has 8 aromatic carbocycles. The Kier molecular flexibility index (Phi) is 6.19. The summed E-state index contributed by atoms with van der Waals surface area (Å²) in [6.45, 7) is 0. The minimum atomic E-state index is -0.698. The van der Waals surface area contributed by atoms with E-state index in [-0.39, 0.29) is 0 Å². The Morgan fingerprint density at radius 1 is 0.345 bits per heavy atom. The molecule has 3 aliphatic rings. The second-order valence-corrected chi connectivity index (χ2v) is 14.8. The van der Waals surface area contributed by atoms with Crippen molar-refractivity contribution in [3.63, 3.8) is 0 Å². The first kappa shape index (κ1) is 30.4. The van der Waals surface area contributed by atoms with Gasteiger partial charge in [0, 0.05) is 27.6 Å². The number of aromatic nitrogens is 2. The average molecular weight is 701 g/mol. The van der Waals surface area contributed by atoms with Crippen molar-refractivity contribution in [1.82, 2.24) is 9.97 Å². The first-order valence-electron chi connectivity index (χ1n) is 18.9. The summed E-state index contributed by atoms with van der Waals surface area (Å²) in [4.78, 5) is 10.3. The molecule has 1 aliphatic heterocycles. The number of fused-ring (bicyclic) bond motifs is 16. The first-order chi connectivity index (χ1) is 27.3. The SMILES string of the molecule is c1ccc(-c2nc(-c3ccc4c(c3)C3(c5ccccc5O4)c4ccccc4C4(c5ccccc5-c5ccccc54)c4ccccc43)c3ccccc3n2)cc1. The molecule has 2 aliphatic carbocycles. The van der Waals surface area contributed by atoms with E-state index in [1.54, 1.807) is 0 Å². The predicted molar refractivity (Wildman–Crippen MR) is 220 cm³/mol. The summed E-state index contributed by atoms with van der Waals surface area (Å²) in [5, 5.41) is 1.01. The number of hydrogen-bond donors (Lipinski definition) is 0. The van der Waals surface area contributed by atoms with Crippen LogP contribution < -0.4 is 4.74 Å². The minimum Gasteiger partial charge on any atom is -0.457 e. The van der Waals surface area contributed by atoms with E-state index in [2.05, 4.69) is 170 Å². The lowest BCUT2D eigenvalue weighted by Gasteiger charge is -2.51. The molecule has 0 saturated heterocycles. The zero-order valence-corrected chi connectivity index (χ0v) is 29.8. The molecule has 3 heteroatoms. The van der Waals surface area contributed by atoms with E-state index in [1.807, 2.05) is 24.3 Å². The number of nitrogens with zero attached hydrogens (tertiary/aromatic N) is 2. The summed E-state index contributed by atoms with van der Waals surface area (Å²) >= 11 is 0. The predicted octanol–water partition coefficient (Wildman–Crippen LogP) is 12.1. The van der Waals surface area contributed by atoms with Crippen LogP contribution in [0.3, 0.4) is 0 Å². The average Bonchev–Trinajstić information content (AvgIpc) is 3.56. The molecular formula is C52H32N2O. The van der Waals surface area contributed by atoms with Gasteiger partial charge in [-0.15, -0.1) is 0 Å². The molecule has 12 rings (SSSR count). The van der Waals surface area contributed by atoms with Gasteiger partial charge in [0.15, 0.2) is 5.82 Å². The smallest absolute Gasteiger partial charge is 0.160 e. The molecular weight excluding hydrogens is 669 g/mol. The standard InChI is InChI=1S/C52H32N2O/c1-2-16-33(17-3-1)50-53-46-28-14-6-20-37(46)49(54-50)34-30-31-48-45(32-34)52(44-27-13-15-29-47(44)55-48)42-25-11-9-23-40(42)51(41-24-10-12-26-43(41)52)38-21-7-4-18-35(38)36-19-5-8-22-39(36)51/h1-32H. The number of hydrogen-bond acceptors (Lipinski definition) is 3. The molecule has 0 radical (unpaired) electrons. The molecule has 9 aromatic rings. The quantitative estimate of drug-likeness (QED) is 0.180. The molecule has 0 fully saturated rings. The summed E-state index contributed by atoms with van der Waals surface area (Å²) in [6.07, 6.45) is 0. The lowest BCUT2D eigenvalue weighted by Crippen LogP contribution is -2.45. The van der Waals surface area contributed by atoms with Crippen molar-refractivity contribution in [2.45, 2.75) is 10.8 Å². The van der Waals surface area contributed by atoms with E-state index >= 15 is 0 Å². The molecule has 0 N–H and O–H groups in total. The summed E-state index contributed by atoms with van der Waals surface area (Å²) in [5.74, 6) is 2.42. The molecule has 2 heterocycles. The number of rotatable bonds is 2. The van der Waals surface area contributed by atoms with Crippen molar-refractivity contribution < 1.29 is 4.74 Å². The van der Waals surface area contributed by atoms with Gasteiger partial charge in [0.25, 0.3) is 0 Å². The van der Waals surface area contributed by atoms with Gasteiger partial charge < -0.3 is 4.74 Å². The third-order valence-electron chi connectivity index (χ3n) is 12.2. The van der Waals surface area contributed by atoms with E-state index in [4.69, 9.17) is 14.7 Å². The fraction of sp³-hybridized carbons (Fsp3) is 0.0385. The van der Waals surface area contributed by atoms with Crippen LogP contribution in [-0.4, -0.2) is 9.97 Å². The Morgan fingerprint density at radius 2 is 0.836 bits per heavy atom. The largest absolute Gasteiger partial charge is 0.457 e. The van der Waals surface area contributed by atoms with Crippen LogP contribution >= 0.6 is 0 Å². The van der Waals surface area contributed by atoms with Gasteiger partial charge in [-0.3, -0.25) is 0 Å². The molecule has 0 bridgehead atoms. The zero-order valence-electron chi connectivity index (χ0n) is 29.8. The van der Waals surface area contributed by atoms with Gasteiger partial charge in [0.1, 0.15) is 11.5 Å². The minimum absolute atomic E-state index is 0.510. The number of benzene rings is 8. The second kappa shape index (κ2) is 11.2. The molecule has 1 aromatic heterocycles. The highest BCUT2D eigenvalue weighted by Gasteiger charge is 2.58. The summed E-state index contributed by atoms with van der Waals surface area (Å²) in [5.41, 5.74) is 15.1. The summed E-state index contributed by atoms with van der Waals surface area (Å²) < 4.78 is 6.90. The molecule has 0 amide bonds. The Hall–Kier alpha value is -7.10. The van der Waals surface area contributed by atoms with Crippen molar-refractivity contribution in [3.8, 4) is 45.3 Å². The Morgan fingerprint density at radius 3 is 1.49 bits per heavy atom. The lowest BCUT2D eigenvalue weighted by molar-refractivity contribution is 0.429. The van der Waals surface area contributed by atoms with E-state index in [1.165, 1.54) is 44.5 Å². The Labute approximate surface area is 319 Å². The lowest BCUT2D eigenvalue weighted by atomic mass is 9.51. The third kappa shape index (κ3) is 3.89.